The van der Waals surface area contributed by atoms with Gasteiger partial charge in [0.1, 0.15) is 24.0 Å². The first-order valence-electron chi connectivity index (χ1n) is 11.2. The van der Waals surface area contributed by atoms with Crippen molar-refractivity contribution in [3.05, 3.63) is 105 Å². The van der Waals surface area contributed by atoms with Crippen molar-refractivity contribution in [3.8, 4) is 40.3 Å². The Morgan fingerprint density at radius 2 is 1.87 bits per heavy atom. The van der Waals surface area contributed by atoms with E-state index in [4.69, 9.17) is 21.1 Å². The van der Waals surface area contributed by atoms with Gasteiger partial charge in [-0.3, -0.25) is 4.79 Å². The van der Waals surface area contributed by atoms with Crippen molar-refractivity contribution in [1.29, 1.82) is 5.26 Å². The number of aromatic nitrogens is 3. The summed E-state index contributed by atoms with van der Waals surface area (Å²) in [6.07, 6.45) is 1.31. The highest BCUT2D eigenvalue weighted by Gasteiger charge is 2.22. The second-order valence-electron chi connectivity index (χ2n) is 8.18. The van der Waals surface area contributed by atoms with Crippen LogP contribution in [0.3, 0.4) is 0 Å². The molecule has 0 aliphatic rings. The van der Waals surface area contributed by atoms with Crippen LogP contribution in [0.1, 0.15) is 11.1 Å². The molecule has 10 heteroatoms. The fraction of sp³-hybridized carbons (Fsp3) is 0.0714. The van der Waals surface area contributed by atoms with Crippen molar-refractivity contribution < 1.29 is 18.3 Å². The first-order chi connectivity index (χ1) is 18.4. The van der Waals surface area contributed by atoms with Gasteiger partial charge in [-0.2, -0.15) is 10.2 Å². The zero-order valence-electron chi connectivity index (χ0n) is 19.8. The topological polar surface area (TPSA) is 101 Å². The van der Waals surface area contributed by atoms with E-state index in [1.54, 1.807) is 19.2 Å². The van der Waals surface area contributed by atoms with E-state index in [9.17, 15) is 10.1 Å². The molecule has 0 saturated heterocycles. The van der Waals surface area contributed by atoms with Crippen LogP contribution in [-0.4, -0.2) is 22.1 Å². The standard InChI is InChI=1S/C28H17ClF2N4O3/c1-37-17-5-2-15(3-6-17)14-38-24-8-9-33-28(35-24)25-20(30)11-22-26(27(25)31)23(36)12-21(34-22)18-10-16(13-32)4-7-19(18)29/h2-12H,14H2,1H3,(H,34,36). The van der Waals surface area contributed by atoms with Gasteiger partial charge in [-0.25, -0.2) is 13.8 Å². The van der Waals surface area contributed by atoms with Crippen molar-refractivity contribution in [3.63, 3.8) is 0 Å². The molecule has 0 bridgehead atoms. The first-order valence-corrected chi connectivity index (χ1v) is 11.6. The van der Waals surface area contributed by atoms with E-state index in [1.165, 1.54) is 30.5 Å². The molecule has 1 N–H and O–H groups in total. The molecule has 5 aromatic rings. The van der Waals surface area contributed by atoms with E-state index in [1.807, 2.05) is 18.2 Å². The molecule has 38 heavy (non-hydrogen) atoms. The Hall–Kier alpha value is -4.81. The summed E-state index contributed by atoms with van der Waals surface area (Å²) in [7, 11) is 1.57. The van der Waals surface area contributed by atoms with Gasteiger partial charge in [-0.05, 0) is 42.0 Å². The Morgan fingerprint density at radius 1 is 1.08 bits per heavy atom. The molecule has 2 heterocycles. The van der Waals surface area contributed by atoms with Gasteiger partial charge in [0, 0.05) is 28.9 Å². The van der Waals surface area contributed by atoms with Crippen LogP contribution in [0.2, 0.25) is 5.02 Å². The Kier molecular flexibility index (Phi) is 6.73. The number of rotatable bonds is 6. The molecule has 0 saturated carbocycles. The SMILES string of the molecule is COc1ccc(COc2ccnc(-c3c(F)cc4[nH]c(-c5cc(C#N)ccc5Cl)cc(=O)c4c3F)n2)cc1. The summed E-state index contributed by atoms with van der Waals surface area (Å²) >= 11 is 6.24. The summed E-state index contributed by atoms with van der Waals surface area (Å²) in [5, 5.41) is 9.07. The average molecular weight is 531 g/mol. The Morgan fingerprint density at radius 3 is 2.61 bits per heavy atom. The number of nitrogens with one attached hydrogen (secondary N) is 1. The summed E-state index contributed by atoms with van der Waals surface area (Å²) in [6.45, 7) is 0.154. The quantitative estimate of drug-likeness (QED) is 0.287. The highest BCUT2D eigenvalue weighted by Crippen LogP contribution is 2.32. The number of halogens is 3. The lowest BCUT2D eigenvalue weighted by Gasteiger charge is -2.11. The van der Waals surface area contributed by atoms with E-state index in [-0.39, 0.29) is 39.9 Å². The van der Waals surface area contributed by atoms with Gasteiger partial charge in [-0.1, -0.05) is 23.7 Å². The first kappa shape index (κ1) is 24.9. The second kappa shape index (κ2) is 10.3. The summed E-state index contributed by atoms with van der Waals surface area (Å²) in [6, 6.07) is 17.3. The minimum atomic E-state index is -1.11. The number of nitrogens with zero attached hydrogens (tertiary/aromatic N) is 3. The molecule has 2 aromatic heterocycles. The lowest BCUT2D eigenvalue weighted by atomic mass is 10.0. The monoisotopic (exact) mass is 530 g/mol. The van der Waals surface area contributed by atoms with Gasteiger partial charge in [0.25, 0.3) is 0 Å². The molecular formula is C28H17ClF2N4O3. The van der Waals surface area contributed by atoms with Crippen molar-refractivity contribution >= 4 is 22.5 Å². The third kappa shape index (κ3) is 4.77. The molecule has 0 atom stereocenters. The zero-order chi connectivity index (χ0) is 26.8. The predicted molar refractivity (Wildman–Crippen MR) is 138 cm³/mol. The van der Waals surface area contributed by atoms with Gasteiger partial charge in [0.15, 0.2) is 11.3 Å². The van der Waals surface area contributed by atoms with E-state index < -0.39 is 22.6 Å². The summed E-state index contributed by atoms with van der Waals surface area (Å²) in [5.74, 6) is -1.58. The zero-order valence-corrected chi connectivity index (χ0v) is 20.5. The van der Waals surface area contributed by atoms with Crippen molar-refractivity contribution in [2.24, 2.45) is 0 Å². The molecule has 0 amide bonds. The maximum absolute atomic E-state index is 15.6. The van der Waals surface area contributed by atoms with Crippen LogP contribution < -0.4 is 14.9 Å². The lowest BCUT2D eigenvalue weighted by Crippen LogP contribution is -2.09. The molecule has 7 nitrogen and oxygen atoms in total. The second-order valence-corrected chi connectivity index (χ2v) is 8.59. The smallest absolute Gasteiger partial charge is 0.217 e. The summed E-state index contributed by atoms with van der Waals surface area (Å²) in [4.78, 5) is 23.9. The van der Waals surface area contributed by atoms with Crippen LogP contribution in [0.4, 0.5) is 8.78 Å². The molecule has 0 radical (unpaired) electrons. The minimum Gasteiger partial charge on any atom is -0.497 e. The number of nitriles is 1. The van der Waals surface area contributed by atoms with Crippen molar-refractivity contribution in [1.82, 2.24) is 15.0 Å². The Labute approximate surface area is 219 Å². The third-order valence-corrected chi connectivity index (χ3v) is 6.12. The van der Waals surface area contributed by atoms with Gasteiger partial charge in [0.05, 0.1) is 40.9 Å². The highest BCUT2D eigenvalue weighted by atomic mass is 35.5. The molecule has 188 valence electrons. The lowest BCUT2D eigenvalue weighted by molar-refractivity contribution is 0.293. The Bertz CT molecular complexity index is 1780. The van der Waals surface area contributed by atoms with Gasteiger partial charge >= 0.3 is 0 Å². The van der Waals surface area contributed by atoms with E-state index in [0.717, 1.165) is 17.7 Å². The van der Waals surface area contributed by atoms with Crippen molar-refractivity contribution in [2.45, 2.75) is 6.61 Å². The molecule has 0 fully saturated rings. The van der Waals surface area contributed by atoms with Gasteiger partial charge in [0.2, 0.25) is 5.88 Å². The molecule has 0 aliphatic heterocycles. The molecule has 0 aliphatic carbocycles. The van der Waals surface area contributed by atoms with Crippen molar-refractivity contribution in [2.75, 3.05) is 7.11 Å². The largest absolute Gasteiger partial charge is 0.497 e. The number of ether oxygens (including phenoxy) is 2. The minimum absolute atomic E-state index is 0.0865. The third-order valence-electron chi connectivity index (χ3n) is 5.79. The van der Waals surface area contributed by atoms with Crippen LogP contribution in [0.25, 0.3) is 33.5 Å². The van der Waals surface area contributed by atoms with Crippen LogP contribution in [-0.2, 0) is 6.61 Å². The number of methoxy groups -OCH3 is 1. The number of fused-ring (bicyclic) bond motifs is 1. The number of H-pyrrole nitrogens is 1. The van der Waals surface area contributed by atoms with Crippen LogP contribution >= 0.6 is 11.6 Å². The maximum Gasteiger partial charge on any atom is 0.217 e. The van der Waals surface area contributed by atoms with Crippen LogP contribution in [0.15, 0.2) is 71.7 Å². The fourth-order valence-electron chi connectivity index (χ4n) is 3.92. The van der Waals surface area contributed by atoms with Gasteiger partial charge < -0.3 is 14.5 Å². The number of benzene rings is 3. The highest BCUT2D eigenvalue weighted by molar-refractivity contribution is 6.33. The van der Waals surface area contributed by atoms with Gasteiger partial charge in [-0.15, -0.1) is 0 Å². The molecule has 5 rings (SSSR count). The summed E-state index contributed by atoms with van der Waals surface area (Å²) in [5.41, 5.74) is 0.339. The van der Waals surface area contributed by atoms with E-state index in [2.05, 4.69) is 15.0 Å². The molecule has 0 unspecified atom stereocenters. The summed E-state index contributed by atoms with van der Waals surface area (Å²) < 4.78 is 41.6. The molecule has 0 spiro atoms. The number of hydrogen-bond acceptors (Lipinski definition) is 6. The average Bonchev–Trinajstić information content (AvgIpc) is 2.92. The number of hydrogen-bond donors (Lipinski definition) is 1. The van der Waals surface area contributed by atoms with E-state index in [0.29, 0.717) is 16.9 Å². The predicted octanol–water partition coefficient (Wildman–Crippen LogP) is 6.04. The molecular weight excluding hydrogens is 514 g/mol. The fourth-order valence-corrected chi connectivity index (χ4v) is 4.14. The number of aromatic amines is 1. The Balaban J connectivity index is 1.52. The maximum atomic E-state index is 15.6. The van der Waals surface area contributed by atoms with Crippen LogP contribution in [0.5, 0.6) is 11.6 Å². The number of pyridine rings is 1. The van der Waals surface area contributed by atoms with E-state index >= 15 is 8.78 Å². The van der Waals surface area contributed by atoms with Crippen LogP contribution in [0, 0.1) is 23.0 Å². The molecule has 3 aromatic carbocycles. The normalized spacial score (nSPS) is 10.8.